The highest BCUT2D eigenvalue weighted by Crippen LogP contribution is 2.43. The van der Waals surface area contributed by atoms with E-state index in [1.165, 1.54) is 10.5 Å². The van der Waals surface area contributed by atoms with Crippen molar-refractivity contribution in [3.05, 3.63) is 28.2 Å². The van der Waals surface area contributed by atoms with Crippen molar-refractivity contribution in [3.8, 4) is 0 Å². The van der Waals surface area contributed by atoms with Gasteiger partial charge in [0.2, 0.25) is 5.79 Å². The van der Waals surface area contributed by atoms with Crippen molar-refractivity contribution in [2.24, 2.45) is 40.7 Å². The first-order valence-electron chi connectivity index (χ1n) is 21.3. The smallest absolute Gasteiger partial charge is 0.329 e. The fourth-order valence-electron chi connectivity index (χ4n) is 10.3. The van der Waals surface area contributed by atoms with Gasteiger partial charge in [-0.25, -0.2) is 4.79 Å². The summed E-state index contributed by atoms with van der Waals surface area (Å²) in [7, 11) is 0. The minimum Gasteiger partial charge on any atom is -0.456 e. The SMILES string of the molecule is C/C(=C\[C@@H]1CCCC(O)C1)[C@H]1OC(=O)C2CCCCN2C(=O)C(O)C(O)(O)[C@H](C)C[C@H](C)CCC[C@H](C)CC2=CC3C(CCOC3(C)C[C@H](N=O)[C@H]1C)OC2. The third-order valence-corrected chi connectivity index (χ3v) is 13.7. The third kappa shape index (κ3) is 10.6. The van der Waals surface area contributed by atoms with E-state index >= 15 is 0 Å². The molecule has 12 heteroatoms. The monoisotopic (exact) mass is 775 g/mol. The lowest BCUT2D eigenvalue weighted by Gasteiger charge is -2.48. The molecule has 312 valence electrons. The van der Waals surface area contributed by atoms with Gasteiger partial charge in [-0.1, -0.05) is 70.7 Å². The summed E-state index contributed by atoms with van der Waals surface area (Å²) in [5.41, 5.74) is 1.20. The zero-order valence-corrected chi connectivity index (χ0v) is 34.2. The number of nitroso groups, excluding NO2 is 1. The Labute approximate surface area is 328 Å². The summed E-state index contributed by atoms with van der Waals surface area (Å²) in [6.45, 7) is 12.9. The highest BCUT2D eigenvalue weighted by molar-refractivity contribution is 5.88. The van der Waals surface area contributed by atoms with E-state index in [-0.39, 0.29) is 43.2 Å². The number of carbonyl (C=O) groups is 2. The largest absolute Gasteiger partial charge is 0.456 e. The van der Waals surface area contributed by atoms with Crippen LogP contribution in [0.4, 0.5) is 0 Å². The van der Waals surface area contributed by atoms with Crippen molar-refractivity contribution in [1.82, 2.24) is 4.90 Å². The van der Waals surface area contributed by atoms with Crippen molar-refractivity contribution in [3.63, 3.8) is 0 Å². The van der Waals surface area contributed by atoms with Crippen LogP contribution in [0, 0.1) is 40.4 Å². The molecular formula is C43H70N2O10. The summed E-state index contributed by atoms with van der Waals surface area (Å²) in [5, 5.41) is 47.8. The zero-order chi connectivity index (χ0) is 40.1. The molecule has 5 aliphatic rings. The molecule has 5 rings (SSSR count). The Morgan fingerprint density at radius 1 is 0.945 bits per heavy atom. The van der Waals surface area contributed by atoms with Crippen LogP contribution in [0.15, 0.2) is 28.5 Å². The van der Waals surface area contributed by atoms with Crippen molar-refractivity contribution < 1.29 is 44.2 Å². The van der Waals surface area contributed by atoms with Crippen LogP contribution in [-0.4, -0.2) is 105 Å². The molecule has 2 saturated heterocycles. The average Bonchev–Trinajstić information content (AvgIpc) is 3.15. The Morgan fingerprint density at radius 2 is 1.67 bits per heavy atom. The van der Waals surface area contributed by atoms with Gasteiger partial charge in [0.15, 0.2) is 6.10 Å². The molecule has 0 aromatic heterocycles. The second-order valence-electron chi connectivity index (χ2n) is 18.4. The van der Waals surface area contributed by atoms with Gasteiger partial charge in [0.1, 0.15) is 18.2 Å². The number of hydrogen-bond acceptors (Lipinski definition) is 11. The van der Waals surface area contributed by atoms with Crippen LogP contribution in [0.2, 0.25) is 0 Å². The van der Waals surface area contributed by atoms with E-state index in [1.807, 2.05) is 26.8 Å². The van der Waals surface area contributed by atoms with Crippen molar-refractivity contribution in [2.45, 2.75) is 179 Å². The van der Waals surface area contributed by atoms with E-state index in [1.54, 1.807) is 6.92 Å². The molecule has 0 spiro atoms. The Hall–Kier alpha value is -2.22. The number of piperidine rings is 1. The highest BCUT2D eigenvalue weighted by Gasteiger charge is 2.50. The molecule has 2 bridgehead atoms. The second kappa shape index (κ2) is 19.0. The van der Waals surface area contributed by atoms with E-state index in [4.69, 9.17) is 14.2 Å². The average molecular weight is 775 g/mol. The molecule has 4 N–H and O–H groups in total. The fraction of sp³-hybridized carbons (Fsp3) is 0.860. The molecule has 4 heterocycles. The number of carbonyl (C=O) groups excluding carboxylic acids is 2. The summed E-state index contributed by atoms with van der Waals surface area (Å²) in [6, 6.07) is -1.87. The van der Waals surface area contributed by atoms with Gasteiger partial charge in [-0.05, 0) is 101 Å². The molecule has 6 unspecified atom stereocenters. The van der Waals surface area contributed by atoms with Crippen molar-refractivity contribution >= 4 is 11.9 Å². The number of amides is 1. The molecule has 0 aromatic carbocycles. The summed E-state index contributed by atoms with van der Waals surface area (Å²) in [6.07, 6.45) is 10.6. The van der Waals surface area contributed by atoms with Gasteiger partial charge in [0.05, 0.1) is 24.4 Å². The molecular weight excluding hydrogens is 704 g/mol. The molecule has 1 saturated carbocycles. The van der Waals surface area contributed by atoms with Crippen LogP contribution < -0.4 is 0 Å². The maximum atomic E-state index is 14.3. The van der Waals surface area contributed by atoms with Gasteiger partial charge in [0, 0.05) is 37.3 Å². The van der Waals surface area contributed by atoms with Gasteiger partial charge in [-0.15, -0.1) is 0 Å². The number of allylic oxidation sites excluding steroid dienone is 1. The first kappa shape index (κ1) is 43.9. The van der Waals surface area contributed by atoms with Crippen molar-refractivity contribution in [2.75, 3.05) is 19.8 Å². The summed E-state index contributed by atoms with van der Waals surface area (Å²) < 4.78 is 19.4. The third-order valence-electron chi connectivity index (χ3n) is 13.7. The maximum absolute atomic E-state index is 14.3. The van der Waals surface area contributed by atoms with Crippen LogP contribution in [0.5, 0.6) is 0 Å². The number of cyclic esters (lactones) is 1. The van der Waals surface area contributed by atoms with Gasteiger partial charge in [0.25, 0.3) is 5.91 Å². The predicted octanol–water partition coefficient (Wildman–Crippen LogP) is 5.97. The first-order valence-corrected chi connectivity index (χ1v) is 21.3. The number of fused-ring (bicyclic) bond motifs is 1. The van der Waals surface area contributed by atoms with Crippen LogP contribution in [0.1, 0.15) is 131 Å². The lowest BCUT2D eigenvalue weighted by atomic mass is 9.72. The molecule has 0 radical (unpaired) electrons. The molecule has 3 fully saturated rings. The quantitative estimate of drug-likeness (QED) is 0.116. The molecule has 12 nitrogen and oxygen atoms in total. The Balaban J connectivity index is 1.51. The molecule has 0 aromatic rings. The van der Waals surface area contributed by atoms with Gasteiger partial charge in [-0.2, -0.15) is 4.91 Å². The minimum atomic E-state index is -2.70. The van der Waals surface area contributed by atoms with Crippen LogP contribution >= 0.6 is 0 Å². The first-order chi connectivity index (χ1) is 26.0. The van der Waals surface area contributed by atoms with Crippen LogP contribution in [0.25, 0.3) is 0 Å². The number of aliphatic hydroxyl groups is 4. The molecule has 55 heavy (non-hydrogen) atoms. The maximum Gasteiger partial charge on any atom is 0.329 e. The van der Waals surface area contributed by atoms with E-state index in [0.29, 0.717) is 44.8 Å². The minimum absolute atomic E-state index is 0.0407. The molecule has 1 aliphatic carbocycles. The zero-order valence-electron chi connectivity index (χ0n) is 34.2. The summed E-state index contributed by atoms with van der Waals surface area (Å²) in [5.74, 6) is -5.20. The molecule has 1 amide bonds. The van der Waals surface area contributed by atoms with Gasteiger partial charge in [-0.3, -0.25) is 4.79 Å². The standard InChI is InChI=1S/C43H70N2O10/c1-26-11-9-12-27(2)20-32-23-34-37(53-25-32)16-18-54-42(34,6)24-35(44-52)30(5)38(28(3)21-31-13-10-14-33(46)22-31)55-41(49)36-15-7-8-17-45(36)40(48)39(47)43(50,51)29(4)19-26/h21,23,26-27,29-31,33-39,46-47,50-51H,7-20,22,24-25H2,1-6H3/b28-21+/t26-,27+,29-,30-,31+,33?,34?,35+,36?,37?,38-,39?,42?/m1/s1. The Kier molecular flexibility index (Phi) is 15.2. The van der Waals surface area contributed by atoms with Crippen molar-refractivity contribution in [1.29, 1.82) is 0 Å². The number of nitrogens with zero attached hydrogens (tertiary/aromatic N) is 2. The topological polar surface area (TPSA) is 175 Å². The molecule has 13 atom stereocenters. The number of esters is 1. The predicted molar refractivity (Wildman–Crippen MR) is 208 cm³/mol. The van der Waals surface area contributed by atoms with E-state index < -0.39 is 65.5 Å². The highest BCUT2D eigenvalue weighted by atomic mass is 16.5. The lowest BCUT2D eigenvalue weighted by molar-refractivity contribution is -0.255. The lowest BCUT2D eigenvalue weighted by Crippen LogP contribution is -2.60. The normalized spacial score (nSPS) is 42.0. The van der Waals surface area contributed by atoms with Gasteiger partial charge >= 0.3 is 5.97 Å². The number of ether oxygens (including phenoxy) is 3. The van der Waals surface area contributed by atoms with Crippen LogP contribution in [0.3, 0.4) is 0 Å². The van der Waals surface area contributed by atoms with E-state index in [9.17, 15) is 34.9 Å². The second-order valence-corrected chi connectivity index (χ2v) is 18.4. The number of hydrogen-bond donors (Lipinski definition) is 4. The number of rotatable bonds is 3. The van der Waals surface area contributed by atoms with E-state index in [2.05, 4.69) is 25.1 Å². The molecule has 4 aliphatic heterocycles. The Morgan fingerprint density at radius 3 is 2.40 bits per heavy atom. The fourth-order valence-corrected chi connectivity index (χ4v) is 10.3. The summed E-state index contributed by atoms with van der Waals surface area (Å²) >= 11 is 0. The summed E-state index contributed by atoms with van der Waals surface area (Å²) in [4.78, 5) is 42.4. The number of aliphatic hydroxyl groups excluding tert-OH is 2. The van der Waals surface area contributed by atoms with Gasteiger partial charge < -0.3 is 39.5 Å². The Bertz CT molecular complexity index is 1380. The van der Waals surface area contributed by atoms with E-state index in [0.717, 1.165) is 56.9 Å². The van der Waals surface area contributed by atoms with Crippen LogP contribution in [-0.2, 0) is 23.8 Å².